The van der Waals surface area contributed by atoms with Gasteiger partial charge in [0.1, 0.15) is 17.0 Å². The Balaban J connectivity index is 1.25. The van der Waals surface area contributed by atoms with Crippen molar-refractivity contribution in [2.24, 2.45) is 5.92 Å². The summed E-state index contributed by atoms with van der Waals surface area (Å²) in [6, 6.07) is 17.2. The van der Waals surface area contributed by atoms with Gasteiger partial charge in [0.05, 0.1) is 26.1 Å². The fourth-order valence-electron chi connectivity index (χ4n) is 5.40. The van der Waals surface area contributed by atoms with Crippen LogP contribution in [0.5, 0.6) is 11.5 Å². The molecular formula is C31H37N3O2. The number of aromatic amines is 1. The maximum Gasteiger partial charge on any atom is 0.156 e. The van der Waals surface area contributed by atoms with E-state index < -0.39 is 0 Å². The van der Waals surface area contributed by atoms with Crippen LogP contribution in [0.25, 0.3) is 22.4 Å². The smallest absolute Gasteiger partial charge is 0.156 e. The minimum absolute atomic E-state index is 0.801. The molecule has 0 saturated heterocycles. The van der Waals surface area contributed by atoms with E-state index in [1.54, 1.807) is 14.2 Å². The van der Waals surface area contributed by atoms with Crippen LogP contribution >= 0.6 is 0 Å². The normalized spacial score (nSPS) is 14.9. The Labute approximate surface area is 214 Å². The van der Waals surface area contributed by atoms with E-state index in [2.05, 4.69) is 40.3 Å². The second kappa shape index (κ2) is 11.6. The van der Waals surface area contributed by atoms with Gasteiger partial charge in [0.2, 0.25) is 0 Å². The van der Waals surface area contributed by atoms with Crippen molar-refractivity contribution in [2.45, 2.75) is 64.2 Å². The first-order valence-electron chi connectivity index (χ1n) is 13.4. The molecule has 0 aliphatic heterocycles. The number of fused-ring (bicyclic) bond motifs is 1. The molecule has 0 atom stereocenters. The van der Waals surface area contributed by atoms with E-state index >= 15 is 0 Å². The molecule has 2 aromatic carbocycles. The standard InChI is InChI=1S/C31H37N3O2/c1-35-27-17-24(18-28(19-27)36-2)12-15-26-21-32-31-30(33-26)20-29(34-31)25-13-10-23(11-14-25)16-22-8-6-4-3-5-7-9-22/h10-11,13-14,17-22H,3-9,12,15-16H2,1-2H3,(H,32,34). The van der Waals surface area contributed by atoms with Gasteiger partial charge in [-0.1, -0.05) is 69.2 Å². The van der Waals surface area contributed by atoms with Crippen molar-refractivity contribution in [3.8, 4) is 22.8 Å². The van der Waals surface area contributed by atoms with Gasteiger partial charge in [0, 0.05) is 11.8 Å². The molecule has 1 saturated carbocycles. The summed E-state index contributed by atoms with van der Waals surface area (Å²) in [7, 11) is 3.35. The van der Waals surface area contributed by atoms with Gasteiger partial charge in [0.15, 0.2) is 5.65 Å². The Morgan fingerprint density at radius 3 is 2.19 bits per heavy atom. The Hall–Kier alpha value is -3.34. The zero-order valence-electron chi connectivity index (χ0n) is 21.6. The molecule has 5 nitrogen and oxygen atoms in total. The second-order valence-corrected chi connectivity index (χ2v) is 10.1. The van der Waals surface area contributed by atoms with Gasteiger partial charge in [-0.25, -0.2) is 9.97 Å². The third kappa shape index (κ3) is 6.07. The molecule has 188 valence electrons. The van der Waals surface area contributed by atoms with Crippen molar-refractivity contribution in [3.05, 3.63) is 71.5 Å². The number of aromatic nitrogens is 3. The lowest BCUT2D eigenvalue weighted by Crippen LogP contribution is -2.07. The van der Waals surface area contributed by atoms with Crippen LogP contribution in [0.2, 0.25) is 0 Å². The summed E-state index contributed by atoms with van der Waals surface area (Å²) >= 11 is 0. The molecule has 0 bridgehead atoms. The Morgan fingerprint density at radius 2 is 1.50 bits per heavy atom. The molecule has 0 amide bonds. The number of hydrogen-bond donors (Lipinski definition) is 1. The quantitative estimate of drug-likeness (QED) is 0.285. The Morgan fingerprint density at radius 1 is 0.806 bits per heavy atom. The SMILES string of the molecule is COc1cc(CCc2cnc3[nH]c(-c4ccc(CC5CCCCCCC5)cc4)cc3n2)cc(OC)c1. The third-order valence-corrected chi connectivity index (χ3v) is 7.48. The molecular weight excluding hydrogens is 446 g/mol. The highest BCUT2D eigenvalue weighted by Crippen LogP contribution is 2.28. The predicted octanol–water partition coefficient (Wildman–Crippen LogP) is 7.33. The molecule has 0 spiro atoms. The number of ether oxygens (including phenoxy) is 2. The summed E-state index contributed by atoms with van der Waals surface area (Å²) in [5, 5.41) is 0. The number of nitrogens with zero attached hydrogens (tertiary/aromatic N) is 2. The summed E-state index contributed by atoms with van der Waals surface area (Å²) in [6.07, 6.45) is 14.5. The van der Waals surface area contributed by atoms with Crippen LogP contribution in [-0.2, 0) is 19.3 Å². The number of aryl methyl sites for hydroxylation is 2. The number of H-pyrrole nitrogens is 1. The zero-order valence-corrected chi connectivity index (χ0v) is 21.6. The van der Waals surface area contributed by atoms with Crippen molar-refractivity contribution < 1.29 is 9.47 Å². The molecule has 2 aromatic heterocycles. The molecule has 1 fully saturated rings. The lowest BCUT2D eigenvalue weighted by Gasteiger charge is -2.19. The number of rotatable bonds is 8. The molecule has 1 N–H and O–H groups in total. The summed E-state index contributed by atoms with van der Waals surface area (Å²) in [6.45, 7) is 0. The van der Waals surface area contributed by atoms with Crippen LogP contribution in [0.4, 0.5) is 0 Å². The van der Waals surface area contributed by atoms with Crippen LogP contribution in [0.15, 0.2) is 54.7 Å². The van der Waals surface area contributed by atoms with Gasteiger partial charge in [-0.3, -0.25) is 0 Å². The minimum atomic E-state index is 0.801. The van der Waals surface area contributed by atoms with Crippen molar-refractivity contribution >= 4 is 11.2 Å². The summed E-state index contributed by atoms with van der Waals surface area (Å²) in [5.74, 6) is 2.45. The number of hydrogen-bond acceptors (Lipinski definition) is 4. The molecule has 1 aliphatic rings. The lowest BCUT2D eigenvalue weighted by molar-refractivity contribution is 0.376. The molecule has 5 rings (SSSR count). The average Bonchev–Trinajstić information content (AvgIpc) is 3.32. The molecule has 0 unspecified atom stereocenters. The third-order valence-electron chi connectivity index (χ3n) is 7.48. The maximum atomic E-state index is 5.39. The van der Waals surface area contributed by atoms with E-state index in [0.29, 0.717) is 0 Å². The number of methoxy groups -OCH3 is 2. The number of benzene rings is 2. The summed E-state index contributed by atoms with van der Waals surface area (Å²) in [5.41, 5.74) is 7.57. The van der Waals surface area contributed by atoms with E-state index in [1.165, 1.54) is 62.5 Å². The number of nitrogens with one attached hydrogen (secondary N) is 1. The summed E-state index contributed by atoms with van der Waals surface area (Å²) in [4.78, 5) is 13.0. The van der Waals surface area contributed by atoms with Gasteiger partial charge in [0.25, 0.3) is 0 Å². The monoisotopic (exact) mass is 483 g/mol. The van der Waals surface area contributed by atoms with Gasteiger partial charge < -0.3 is 14.5 Å². The van der Waals surface area contributed by atoms with Crippen LogP contribution in [-0.4, -0.2) is 29.2 Å². The van der Waals surface area contributed by atoms with Gasteiger partial charge in [-0.05, 0) is 60.1 Å². The fourth-order valence-corrected chi connectivity index (χ4v) is 5.40. The van der Waals surface area contributed by atoms with E-state index in [0.717, 1.165) is 58.4 Å². The van der Waals surface area contributed by atoms with Crippen LogP contribution in [0.3, 0.4) is 0 Å². The summed E-state index contributed by atoms with van der Waals surface area (Å²) < 4.78 is 10.8. The van der Waals surface area contributed by atoms with Gasteiger partial charge >= 0.3 is 0 Å². The first-order chi connectivity index (χ1) is 17.7. The van der Waals surface area contributed by atoms with Crippen LogP contribution < -0.4 is 9.47 Å². The van der Waals surface area contributed by atoms with E-state index in [9.17, 15) is 0 Å². The molecule has 5 heteroatoms. The average molecular weight is 484 g/mol. The van der Waals surface area contributed by atoms with E-state index in [4.69, 9.17) is 14.5 Å². The minimum Gasteiger partial charge on any atom is -0.497 e. The predicted molar refractivity (Wildman–Crippen MR) is 146 cm³/mol. The van der Waals surface area contributed by atoms with Crippen molar-refractivity contribution in [3.63, 3.8) is 0 Å². The topological polar surface area (TPSA) is 60.0 Å². The highest BCUT2D eigenvalue weighted by Gasteiger charge is 2.13. The highest BCUT2D eigenvalue weighted by atomic mass is 16.5. The molecule has 1 aliphatic carbocycles. The van der Waals surface area contributed by atoms with Crippen LogP contribution in [0, 0.1) is 5.92 Å². The lowest BCUT2D eigenvalue weighted by atomic mass is 9.86. The van der Waals surface area contributed by atoms with Crippen LogP contribution in [0.1, 0.15) is 61.8 Å². The van der Waals surface area contributed by atoms with Crippen molar-refractivity contribution in [1.82, 2.24) is 15.0 Å². The van der Waals surface area contributed by atoms with Crippen molar-refractivity contribution in [2.75, 3.05) is 14.2 Å². The first-order valence-corrected chi connectivity index (χ1v) is 13.4. The highest BCUT2D eigenvalue weighted by molar-refractivity contribution is 5.79. The molecule has 0 radical (unpaired) electrons. The van der Waals surface area contributed by atoms with Gasteiger partial charge in [-0.15, -0.1) is 0 Å². The van der Waals surface area contributed by atoms with E-state index in [-0.39, 0.29) is 0 Å². The largest absolute Gasteiger partial charge is 0.497 e. The molecule has 36 heavy (non-hydrogen) atoms. The Bertz CT molecular complexity index is 1250. The molecule has 2 heterocycles. The maximum absolute atomic E-state index is 5.39. The Kier molecular flexibility index (Phi) is 7.85. The zero-order chi connectivity index (χ0) is 24.7. The van der Waals surface area contributed by atoms with E-state index in [1.807, 2.05) is 24.4 Å². The second-order valence-electron chi connectivity index (χ2n) is 10.1. The fraction of sp³-hybridized carbons (Fsp3) is 0.419. The van der Waals surface area contributed by atoms with Gasteiger partial charge in [-0.2, -0.15) is 0 Å². The van der Waals surface area contributed by atoms with Crippen molar-refractivity contribution in [1.29, 1.82) is 0 Å². The first kappa shape index (κ1) is 24.4. The molecule has 4 aromatic rings.